The van der Waals surface area contributed by atoms with Gasteiger partial charge in [-0.3, -0.25) is 10.1 Å². The van der Waals surface area contributed by atoms with E-state index < -0.39 is 17.6 Å². The molecule has 1 saturated carbocycles. The second kappa shape index (κ2) is 7.45. The average Bonchev–Trinajstić information content (AvgIpc) is 3.30. The number of nitrogens with one attached hydrogen (secondary N) is 1. The lowest BCUT2D eigenvalue weighted by molar-refractivity contribution is -0.137. The number of amides is 1. The van der Waals surface area contributed by atoms with E-state index in [1.807, 2.05) is 0 Å². The molecular formula is C15H17F3N2O3. The van der Waals surface area contributed by atoms with E-state index in [9.17, 15) is 18.0 Å². The molecule has 126 valence electrons. The van der Waals surface area contributed by atoms with E-state index >= 15 is 0 Å². The number of nitrogens with zero attached hydrogens (tertiary/aromatic N) is 1. The summed E-state index contributed by atoms with van der Waals surface area (Å²) in [6, 6.07) is 4.28. The highest BCUT2D eigenvalue weighted by atomic mass is 19.4. The molecule has 0 radical (unpaired) electrons. The first-order valence-corrected chi connectivity index (χ1v) is 7.08. The lowest BCUT2D eigenvalue weighted by atomic mass is 10.1. The lowest BCUT2D eigenvalue weighted by Crippen LogP contribution is -2.33. The van der Waals surface area contributed by atoms with Crippen molar-refractivity contribution in [2.75, 3.05) is 20.3 Å². The van der Waals surface area contributed by atoms with Crippen molar-refractivity contribution >= 4 is 11.9 Å². The first-order valence-electron chi connectivity index (χ1n) is 7.08. The van der Waals surface area contributed by atoms with E-state index in [2.05, 4.69) is 10.3 Å². The minimum atomic E-state index is -4.50. The van der Waals surface area contributed by atoms with Crippen molar-refractivity contribution in [1.29, 1.82) is 0 Å². The van der Waals surface area contributed by atoms with Crippen LogP contribution in [0.4, 0.5) is 13.2 Å². The van der Waals surface area contributed by atoms with Gasteiger partial charge >= 0.3 is 6.18 Å². The van der Waals surface area contributed by atoms with Crippen LogP contribution < -0.4 is 5.32 Å². The Morgan fingerprint density at radius 1 is 1.35 bits per heavy atom. The van der Waals surface area contributed by atoms with Gasteiger partial charge in [0, 0.05) is 12.7 Å². The van der Waals surface area contributed by atoms with Crippen LogP contribution in [0.2, 0.25) is 0 Å². The SMILES string of the molecule is COCCOC(=NC1CC1)NC(=O)c1cccc(C(F)(F)F)c1. The standard InChI is InChI=1S/C15H17F3N2O3/c1-22-7-8-23-14(19-12-5-6-12)20-13(21)10-3-2-4-11(9-10)15(16,17)18/h2-4,9,12H,5-8H2,1H3,(H,19,20,21). The summed E-state index contributed by atoms with van der Waals surface area (Å²) in [7, 11) is 1.50. The first-order chi connectivity index (χ1) is 10.9. The molecule has 1 aromatic carbocycles. The predicted molar refractivity (Wildman–Crippen MR) is 77.2 cm³/mol. The molecule has 1 amide bonds. The Kier molecular flexibility index (Phi) is 5.59. The number of hydrogen-bond donors (Lipinski definition) is 1. The zero-order valence-corrected chi connectivity index (χ0v) is 12.5. The van der Waals surface area contributed by atoms with Crippen LogP contribution in [0.15, 0.2) is 29.3 Å². The van der Waals surface area contributed by atoms with Gasteiger partial charge in [0.1, 0.15) is 6.61 Å². The monoisotopic (exact) mass is 330 g/mol. The Morgan fingerprint density at radius 3 is 2.70 bits per heavy atom. The molecule has 0 atom stereocenters. The van der Waals surface area contributed by atoms with Gasteiger partial charge in [-0.25, -0.2) is 4.99 Å². The molecule has 0 aliphatic heterocycles. The second-order valence-electron chi connectivity index (χ2n) is 5.04. The van der Waals surface area contributed by atoms with Crippen molar-refractivity contribution in [2.24, 2.45) is 4.99 Å². The fourth-order valence-corrected chi connectivity index (χ4v) is 1.70. The van der Waals surface area contributed by atoms with Gasteiger partial charge in [-0.05, 0) is 31.0 Å². The van der Waals surface area contributed by atoms with Crippen molar-refractivity contribution in [3.05, 3.63) is 35.4 Å². The topological polar surface area (TPSA) is 59.9 Å². The van der Waals surface area contributed by atoms with Crippen LogP contribution in [-0.4, -0.2) is 38.3 Å². The normalized spacial score (nSPS) is 15.4. The zero-order valence-electron chi connectivity index (χ0n) is 12.5. The van der Waals surface area contributed by atoms with E-state index in [0.29, 0.717) is 6.61 Å². The molecule has 0 unspecified atom stereocenters. The van der Waals surface area contributed by atoms with Crippen LogP contribution in [0.3, 0.4) is 0 Å². The number of methoxy groups -OCH3 is 1. The molecule has 0 heterocycles. The molecule has 1 N–H and O–H groups in total. The van der Waals surface area contributed by atoms with E-state index in [1.165, 1.54) is 19.2 Å². The maximum atomic E-state index is 12.7. The average molecular weight is 330 g/mol. The summed E-state index contributed by atoms with van der Waals surface area (Å²) in [4.78, 5) is 16.3. The lowest BCUT2D eigenvalue weighted by Gasteiger charge is -2.12. The van der Waals surface area contributed by atoms with Gasteiger partial charge < -0.3 is 9.47 Å². The van der Waals surface area contributed by atoms with Gasteiger partial charge in [0.2, 0.25) is 0 Å². The summed E-state index contributed by atoms with van der Waals surface area (Å²) in [5.41, 5.74) is -0.996. The fraction of sp³-hybridized carbons (Fsp3) is 0.467. The van der Waals surface area contributed by atoms with E-state index in [1.54, 1.807) is 0 Å². The van der Waals surface area contributed by atoms with Crippen molar-refractivity contribution in [2.45, 2.75) is 25.1 Å². The molecule has 0 aromatic heterocycles. The predicted octanol–water partition coefficient (Wildman–Crippen LogP) is 2.62. The quantitative estimate of drug-likeness (QED) is 0.513. The molecule has 1 fully saturated rings. The summed E-state index contributed by atoms with van der Waals surface area (Å²) in [5, 5.41) is 2.41. The van der Waals surface area contributed by atoms with Crippen LogP contribution in [0.25, 0.3) is 0 Å². The molecule has 8 heteroatoms. The van der Waals surface area contributed by atoms with E-state index in [-0.39, 0.29) is 24.2 Å². The van der Waals surface area contributed by atoms with Crippen LogP contribution in [0.1, 0.15) is 28.8 Å². The van der Waals surface area contributed by atoms with Crippen molar-refractivity contribution in [1.82, 2.24) is 5.32 Å². The molecular weight excluding hydrogens is 313 g/mol. The number of halogens is 3. The molecule has 0 spiro atoms. The van der Waals surface area contributed by atoms with Crippen LogP contribution in [0.5, 0.6) is 0 Å². The van der Waals surface area contributed by atoms with Gasteiger partial charge in [-0.15, -0.1) is 0 Å². The van der Waals surface area contributed by atoms with Crippen LogP contribution >= 0.6 is 0 Å². The Balaban J connectivity index is 2.06. The molecule has 1 aliphatic rings. The summed E-state index contributed by atoms with van der Waals surface area (Å²) in [6.07, 6.45) is -2.71. The third kappa shape index (κ3) is 5.55. The van der Waals surface area contributed by atoms with Gasteiger partial charge in [0.15, 0.2) is 0 Å². The molecule has 1 aliphatic carbocycles. The smallest absolute Gasteiger partial charge is 0.416 e. The first kappa shape index (κ1) is 17.3. The van der Waals surface area contributed by atoms with Gasteiger partial charge in [-0.2, -0.15) is 13.2 Å². The highest BCUT2D eigenvalue weighted by Gasteiger charge is 2.31. The van der Waals surface area contributed by atoms with Crippen molar-refractivity contribution < 1.29 is 27.4 Å². The zero-order chi connectivity index (χ0) is 16.9. The summed E-state index contributed by atoms with van der Waals surface area (Å²) in [5.74, 6) is -0.701. The minimum Gasteiger partial charge on any atom is -0.463 e. The summed E-state index contributed by atoms with van der Waals surface area (Å²) < 4.78 is 48.2. The number of aliphatic imine (C=N–C) groups is 1. The van der Waals surface area contributed by atoms with Crippen LogP contribution in [-0.2, 0) is 15.7 Å². The summed E-state index contributed by atoms with van der Waals surface area (Å²) >= 11 is 0. The maximum Gasteiger partial charge on any atom is 0.416 e. The van der Waals surface area contributed by atoms with Gasteiger partial charge in [0.05, 0.1) is 18.2 Å². The fourth-order valence-electron chi connectivity index (χ4n) is 1.70. The Labute approximate surface area is 131 Å². The van der Waals surface area contributed by atoms with Crippen molar-refractivity contribution in [3.8, 4) is 0 Å². The van der Waals surface area contributed by atoms with Gasteiger partial charge in [-0.1, -0.05) is 6.07 Å². The number of carbonyl (C=O) groups is 1. The summed E-state index contributed by atoms with van der Waals surface area (Å²) in [6.45, 7) is 0.494. The highest BCUT2D eigenvalue weighted by molar-refractivity contribution is 6.04. The number of amidine groups is 1. The minimum absolute atomic E-state index is 0.00645. The van der Waals surface area contributed by atoms with Crippen molar-refractivity contribution in [3.63, 3.8) is 0 Å². The highest BCUT2D eigenvalue weighted by Crippen LogP contribution is 2.29. The number of hydrogen-bond acceptors (Lipinski definition) is 4. The second-order valence-corrected chi connectivity index (χ2v) is 5.04. The Bertz CT molecular complexity index is 584. The molecule has 5 nitrogen and oxygen atoms in total. The maximum absolute atomic E-state index is 12.7. The van der Waals surface area contributed by atoms with E-state index in [4.69, 9.17) is 9.47 Å². The molecule has 2 rings (SSSR count). The molecule has 0 bridgehead atoms. The Hall–Kier alpha value is -2.09. The largest absolute Gasteiger partial charge is 0.463 e. The third-order valence-corrected chi connectivity index (χ3v) is 3.05. The molecule has 0 saturated heterocycles. The van der Waals surface area contributed by atoms with Gasteiger partial charge in [0.25, 0.3) is 11.9 Å². The Morgan fingerprint density at radius 2 is 2.09 bits per heavy atom. The number of ether oxygens (including phenoxy) is 2. The molecule has 23 heavy (non-hydrogen) atoms. The number of alkyl halides is 3. The number of rotatable bonds is 5. The van der Waals surface area contributed by atoms with Crippen LogP contribution in [0, 0.1) is 0 Å². The third-order valence-electron chi connectivity index (χ3n) is 3.05. The number of carbonyl (C=O) groups excluding carboxylic acids is 1. The van der Waals surface area contributed by atoms with E-state index in [0.717, 1.165) is 25.0 Å². The molecule has 1 aromatic rings. The number of benzene rings is 1.